The number of hydrogen-bond donors (Lipinski definition) is 1. The fourth-order valence-electron chi connectivity index (χ4n) is 2.08. The van der Waals surface area contributed by atoms with Crippen LogP contribution < -0.4 is 5.32 Å². The molecular weight excluding hydrogens is 198 g/mol. The summed E-state index contributed by atoms with van der Waals surface area (Å²) in [6.45, 7) is 4.94. The van der Waals surface area contributed by atoms with Crippen molar-refractivity contribution in [1.29, 1.82) is 0 Å². The van der Waals surface area contributed by atoms with E-state index in [1.807, 2.05) is 0 Å². The van der Waals surface area contributed by atoms with E-state index in [2.05, 4.69) is 36.5 Å². The summed E-state index contributed by atoms with van der Waals surface area (Å²) in [4.78, 5) is 0. The maximum absolute atomic E-state index is 5.45. The summed E-state index contributed by atoms with van der Waals surface area (Å²) in [7, 11) is 0. The lowest BCUT2D eigenvalue weighted by Crippen LogP contribution is -2.28. The first-order chi connectivity index (χ1) is 7.84. The molecule has 0 radical (unpaired) electrons. The van der Waals surface area contributed by atoms with Gasteiger partial charge < -0.3 is 10.1 Å². The van der Waals surface area contributed by atoms with Gasteiger partial charge in [-0.05, 0) is 31.7 Å². The molecule has 1 aliphatic heterocycles. The van der Waals surface area contributed by atoms with Gasteiger partial charge in [0, 0.05) is 25.8 Å². The molecule has 0 spiro atoms. The average molecular weight is 219 g/mol. The second-order valence-electron chi connectivity index (χ2n) is 4.61. The molecule has 0 saturated carbocycles. The highest BCUT2D eigenvalue weighted by atomic mass is 16.5. The first-order valence-corrected chi connectivity index (χ1v) is 6.21. The molecule has 1 saturated heterocycles. The van der Waals surface area contributed by atoms with Gasteiger partial charge in [0.15, 0.2) is 0 Å². The average Bonchev–Trinajstić information content (AvgIpc) is 2.57. The van der Waals surface area contributed by atoms with Crippen LogP contribution in [0.15, 0.2) is 24.3 Å². The third-order valence-corrected chi connectivity index (χ3v) is 3.17. The van der Waals surface area contributed by atoms with Crippen LogP contribution in [0.3, 0.4) is 0 Å². The molecule has 1 aromatic rings. The molecule has 2 rings (SSSR count). The van der Waals surface area contributed by atoms with E-state index in [1.165, 1.54) is 24.0 Å². The fraction of sp³-hybridized carbons (Fsp3) is 0.571. The van der Waals surface area contributed by atoms with E-state index in [1.54, 1.807) is 0 Å². The Morgan fingerprint density at radius 1 is 1.19 bits per heavy atom. The first kappa shape index (κ1) is 11.6. The van der Waals surface area contributed by atoms with Gasteiger partial charge in [-0.25, -0.2) is 0 Å². The molecule has 88 valence electrons. The van der Waals surface area contributed by atoms with Crippen molar-refractivity contribution < 1.29 is 4.74 Å². The number of aryl methyl sites for hydroxylation is 1. The quantitative estimate of drug-likeness (QED) is 0.844. The van der Waals surface area contributed by atoms with E-state index in [-0.39, 0.29) is 0 Å². The van der Waals surface area contributed by atoms with Gasteiger partial charge in [-0.15, -0.1) is 0 Å². The number of rotatable bonds is 3. The van der Waals surface area contributed by atoms with E-state index in [4.69, 9.17) is 4.74 Å². The van der Waals surface area contributed by atoms with Crippen LogP contribution in [0.5, 0.6) is 0 Å². The fourth-order valence-corrected chi connectivity index (χ4v) is 2.08. The Kier molecular flexibility index (Phi) is 4.37. The molecule has 0 aliphatic carbocycles. The molecule has 1 heterocycles. The molecule has 1 aromatic carbocycles. The number of benzene rings is 1. The van der Waals surface area contributed by atoms with Crippen molar-refractivity contribution in [2.24, 2.45) is 0 Å². The van der Waals surface area contributed by atoms with E-state index < -0.39 is 0 Å². The zero-order valence-corrected chi connectivity index (χ0v) is 10.0. The van der Waals surface area contributed by atoms with Gasteiger partial charge in [0.05, 0.1) is 0 Å². The minimum atomic E-state index is 0.629. The van der Waals surface area contributed by atoms with Gasteiger partial charge in [-0.2, -0.15) is 0 Å². The normalized spacial score (nSPS) is 21.7. The molecule has 1 fully saturated rings. The Bertz CT molecular complexity index is 299. The van der Waals surface area contributed by atoms with Gasteiger partial charge in [0.25, 0.3) is 0 Å². The van der Waals surface area contributed by atoms with E-state index in [0.29, 0.717) is 6.04 Å². The smallest absolute Gasteiger partial charge is 0.0480 e. The lowest BCUT2D eigenvalue weighted by molar-refractivity contribution is 0.142. The Morgan fingerprint density at radius 2 is 2.00 bits per heavy atom. The highest BCUT2D eigenvalue weighted by Gasteiger charge is 2.11. The molecular formula is C14H21NO. The number of nitrogens with one attached hydrogen (secondary N) is 1. The van der Waals surface area contributed by atoms with Crippen molar-refractivity contribution >= 4 is 0 Å². The first-order valence-electron chi connectivity index (χ1n) is 6.21. The lowest BCUT2D eigenvalue weighted by Gasteiger charge is -2.15. The summed E-state index contributed by atoms with van der Waals surface area (Å²) in [6.07, 6.45) is 3.57. The van der Waals surface area contributed by atoms with Crippen LogP contribution in [0.4, 0.5) is 0 Å². The topological polar surface area (TPSA) is 21.3 Å². The molecule has 1 aliphatic rings. The Labute approximate surface area is 98.0 Å². The summed E-state index contributed by atoms with van der Waals surface area (Å²) >= 11 is 0. The summed E-state index contributed by atoms with van der Waals surface area (Å²) in [5.41, 5.74) is 2.70. The van der Waals surface area contributed by atoms with Crippen LogP contribution in [0.2, 0.25) is 0 Å². The number of hydrogen-bond acceptors (Lipinski definition) is 2. The van der Waals surface area contributed by atoms with Crippen molar-refractivity contribution in [3.05, 3.63) is 35.4 Å². The SMILES string of the molecule is Cc1ccc(CNC2CCCOCC2)cc1. The van der Waals surface area contributed by atoms with Crippen LogP contribution in [-0.2, 0) is 11.3 Å². The molecule has 16 heavy (non-hydrogen) atoms. The third-order valence-electron chi connectivity index (χ3n) is 3.17. The Balaban J connectivity index is 1.79. The van der Waals surface area contributed by atoms with Crippen LogP contribution in [-0.4, -0.2) is 19.3 Å². The molecule has 2 nitrogen and oxygen atoms in total. The van der Waals surface area contributed by atoms with Gasteiger partial charge in [-0.1, -0.05) is 29.8 Å². The largest absolute Gasteiger partial charge is 0.381 e. The van der Waals surface area contributed by atoms with Crippen LogP contribution in [0.1, 0.15) is 30.4 Å². The monoisotopic (exact) mass is 219 g/mol. The second-order valence-corrected chi connectivity index (χ2v) is 4.61. The van der Waals surface area contributed by atoms with Crippen molar-refractivity contribution in [1.82, 2.24) is 5.32 Å². The molecule has 1 unspecified atom stereocenters. The molecule has 1 atom stereocenters. The lowest BCUT2D eigenvalue weighted by atomic mass is 10.1. The third kappa shape index (κ3) is 3.62. The van der Waals surface area contributed by atoms with E-state index in [9.17, 15) is 0 Å². The van der Waals surface area contributed by atoms with Gasteiger partial charge in [0.1, 0.15) is 0 Å². The van der Waals surface area contributed by atoms with Crippen molar-refractivity contribution in [2.75, 3.05) is 13.2 Å². The number of ether oxygens (including phenoxy) is 1. The minimum absolute atomic E-state index is 0.629. The van der Waals surface area contributed by atoms with Gasteiger partial charge >= 0.3 is 0 Å². The standard InChI is InChI=1S/C14H21NO/c1-12-4-6-13(7-5-12)11-15-14-3-2-9-16-10-8-14/h4-7,14-15H,2-3,8-11H2,1H3. The van der Waals surface area contributed by atoms with Crippen LogP contribution >= 0.6 is 0 Å². The summed E-state index contributed by atoms with van der Waals surface area (Å²) in [5, 5.41) is 3.62. The predicted molar refractivity (Wildman–Crippen MR) is 66.5 cm³/mol. The zero-order chi connectivity index (χ0) is 11.2. The van der Waals surface area contributed by atoms with Gasteiger partial charge in [0.2, 0.25) is 0 Å². The molecule has 0 amide bonds. The maximum Gasteiger partial charge on any atom is 0.0480 e. The second kappa shape index (κ2) is 6.02. The summed E-state index contributed by atoms with van der Waals surface area (Å²) < 4.78 is 5.45. The van der Waals surface area contributed by atoms with Crippen LogP contribution in [0.25, 0.3) is 0 Å². The van der Waals surface area contributed by atoms with Crippen molar-refractivity contribution in [3.63, 3.8) is 0 Å². The van der Waals surface area contributed by atoms with E-state index >= 15 is 0 Å². The molecule has 2 heteroatoms. The Morgan fingerprint density at radius 3 is 2.81 bits per heavy atom. The predicted octanol–water partition coefficient (Wildman–Crippen LogP) is 2.65. The van der Waals surface area contributed by atoms with Crippen molar-refractivity contribution in [3.8, 4) is 0 Å². The molecule has 0 bridgehead atoms. The van der Waals surface area contributed by atoms with Gasteiger partial charge in [-0.3, -0.25) is 0 Å². The molecule has 1 N–H and O–H groups in total. The van der Waals surface area contributed by atoms with Crippen molar-refractivity contribution in [2.45, 2.75) is 38.8 Å². The highest BCUT2D eigenvalue weighted by molar-refractivity contribution is 5.21. The summed E-state index contributed by atoms with van der Waals surface area (Å²) in [5.74, 6) is 0. The summed E-state index contributed by atoms with van der Waals surface area (Å²) in [6, 6.07) is 9.38. The Hall–Kier alpha value is -0.860. The minimum Gasteiger partial charge on any atom is -0.381 e. The van der Waals surface area contributed by atoms with Crippen LogP contribution in [0, 0.1) is 6.92 Å². The maximum atomic E-state index is 5.45. The molecule has 0 aromatic heterocycles. The zero-order valence-electron chi connectivity index (χ0n) is 10.0. The highest BCUT2D eigenvalue weighted by Crippen LogP contribution is 2.09. The van der Waals surface area contributed by atoms with E-state index in [0.717, 1.165) is 26.2 Å².